The Morgan fingerprint density at radius 2 is 1.62 bits per heavy atom. The van der Waals surface area contributed by atoms with E-state index in [1.54, 1.807) is 24.3 Å². The van der Waals surface area contributed by atoms with Crippen molar-refractivity contribution in [1.82, 2.24) is 0 Å². The van der Waals surface area contributed by atoms with Gasteiger partial charge in [-0.25, -0.2) is 4.79 Å². The number of hydrogen-bond donors (Lipinski definition) is 1. The van der Waals surface area contributed by atoms with Crippen LogP contribution in [0.25, 0.3) is 0 Å². The summed E-state index contributed by atoms with van der Waals surface area (Å²) in [6, 6.07) is 23.7. The Bertz CT molecular complexity index is 1350. The monoisotopic (exact) mass is 496 g/mol. The number of fused-ring (bicyclic) bond motifs is 1. The van der Waals surface area contributed by atoms with Gasteiger partial charge >= 0.3 is 5.97 Å². The van der Waals surface area contributed by atoms with Crippen LogP contribution in [0.15, 0.2) is 78.9 Å². The number of para-hydroxylation sites is 1. The van der Waals surface area contributed by atoms with Crippen molar-refractivity contribution in [2.75, 3.05) is 16.8 Å². The van der Waals surface area contributed by atoms with E-state index in [2.05, 4.69) is 17.4 Å². The molecule has 0 spiro atoms. The van der Waals surface area contributed by atoms with Crippen LogP contribution in [-0.2, 0) is 19.1 Å². The lowest BCUT2D eigenvalue weighted by atomic mass is 9.73. The van der Waals surface area contributed by atoms with Crippen molar-refractivity contribution in [3.8, 4) is 0 Å². The minimum absolute atomic E-state index is 0.166. The van der Waals surface area contributed by atoms with Crippen LogP contribution < -0.4 is 10.2 Å². The number of aryl methyl sites for hydroxylation is 1. The fraction of sp³-hybridized carbons (Fsp3) is 0.267. The zero-order valence-electron chi connectivity index (χ0n) is 20.6. The Morgan fingerprint density at radius 3 is 2.41 bits per heavy atom. The zero-order chi connectivity index (χ0) is 25.9. The molecule has 3 aromatic rings. The van der Waals surface area contributed by atoms with E-state index in [9.17, 15) is 19.2 Å². The highest BCUT2D eigenvalue weighted by Gasteiger charge is 2.50. The van der Waals surface area contributed by atoms with Crippen LogP contribution in [0.3, 0.4) is 0 Å². The second-order valence-corrected chi connectivity index (χ2v) is 9.64. The first kappa shape index (κ1) is 24.4. The van der Waals surface area contributed by atoms with Crippen LogP contribution in [0.5, 0.6) is 0 Å². The van der Waals surface area contributed by atoms with Crippen LogP contribution in [0.1, 0.15) is 46.7 Å². The van der Waals surface area contributed by atoms with Crippen LogP contribution in [0.4, 0.5) is 11.4 Å². The van der Waals surface area contributed by atoms with Crippen LogP contribution in [-0.4, -0.2) is 30.3 Å². The third-order valence-electron chi connectivity index (χ3n) is 7.29. The maximum atomic E-state index is 13.4. The van der Waals surface area contributed by atoms with Crippen molar-refractivity contribution in [1.29, 1.82) is 0 Å². The first-order valence-corrected chi connectivity index (χ1v) is 12.5. The molecular weight excluding hydrogens is 468 g/mol. The summed E-state index contributed by atoms with van der Waals surface area (Å²) >= 11 is 0. The van der Waals surface area contributed by atoms with Crippen LogP contribution in [0.2, 0.25) is 0 Å². The summed E-state index contributed by atoms with van der Waals surface area (Å²) in [6.45, 7) is 1.41. The number of hydrogen-bond acceptors (Lipinski definition) is 5. The molecule has 1 heterocycles. The van der Waals surface area contributed by atoms with Gasteiger partial charge in [0.2, 0.25) is 11.8 Å². The first-order chi connectivity index (χ1) is 17.9. The van der Waals surface area contributed by atoms with Gasteiger partial charge in [-0.15, -0.1) is 0 Å². The Labute approximate surface area is 215 Å². The molecule has 2 fully saturated rings. The molecule has 2 aliphatic rings. The van der Waals surface area contributed by atoms with Crippen molar-refractivity contribution >= 4 is 35.1 Å². The van der Waals surface area contributed by atoms with E-state index in [0.717, 1.165) is 12.0 Å². The third-order valence-corrected chi connectivity index (χ3v) is 7.29. The summed E-state index contributed by atoms with van der Waals surface area (Å²) in [5, 5.41) is 2.71. The highest BCUT2D eigenvalue weighted by Crippen LogP contribution is 2.45. The molecule has 0 unspecified atom stereocenters. The van der Waals surface area contributed by atoms with E-state index in [-0.39, 0.29) is 35.1 Å². The van der Waals surface area contributed by atoms with Gasteiger partial charge in [0, 0.05) is 5.69 Å². The molecule has 0 bridgehead atoms. The van der Waals surface area contributed by atoms with Gasteiger partial charge in [0.15, 0.2) is 6.61 Å². The van der Waals surface area contributed by atoms with Gasteiger partial charge < -0.3 is 10.1 Å². The summed E-state index contributed by atoms with van der Waals surface area (Å²) in [4.78, 5) is 52.7. The summed E-state index contributed by atoms with van der Waals surface area (Å²) < 4.78 is 5.19. The predicted molar refractivity (Wildman–Crippen MR) is 139 cm³/mol. The highest BCUT2D eigenvalue weighted by atomic mass is 16.5. The van der Waals surface area contributed by atoms with Gasteiger partial charge in [0.05, 0.1) is 23.1 Å². The minimum atomic E-state index is -0.706. The Balaban J connectivity index is 1.25. The predicted octanol–water partition coefficient (Wildman–Crippen LogP) is 4.86. The van der Waals surface area contributed by atoms with Crippen LogP contribution in [0, 0.1) is 18.8 Å². The molecule has 1 saturated carbocycles. The number of nitrogens with one attached hydrogen (secondary N) is 1. The normalized spacial score (nSPS) is 20.9. The molecule has 188 valence electrons. The average molecular weight is 497 g/mol. The van der Waals surface area contributed by atoms with Gasteiger partial charge in [0.1, 0.15) is 0 Å². The van der Waals surface area contributed by atoms with E-state index < -0.39 is 18.5 Å². The maximum Gasteiger partial charge on any atom is 0.338 e. The van der Waals surface area contributed by atoms with Gasteiger partial charge in [-0.3, -0.25) is 19.3 Å². The molecule has 1 saturated heterocycles. The molecular formula is C30H28N2O5. The van der Waals surface area contributed by atoms with Crippen LogP contribution >= 0.6 is 0 Å². The topological polar surface area (TPSA) is 92.8 Å². The molecule has 0 radical (unpaired) electrons. The maximum absolute atomic E-state index is 13.4. The number of ether oxygens (including phenoxy) is 1. The van der Waals surface area contributed by atoms with E-state index in [1.807, 2.05) is 37.3 Å². The van der Waals surface area contributed by atoms with E-state index >= 15 is 0 Å². The Hall–Kier alpha value is -4.26. The van der Waals surface area contributed by atoms with Crippen molar-refractivity contribution in [3.63, 3.8) is 0 Å². The van der Waals surface area contributed by atoms with Crippen molar-refractivity contribution in [2.24, 2.45) is 11.8 Å². The van der Waals surface area contributed by atoms with E-state index in [0.29, 0.717) is 24.2 Å². The quantitative estimate of drug-likeness (QED) is 0.389. The molecule has 3 amide bonds. The standard InChI is InChI=1S/C30H28N2O5/c1-19-8-5-6-13-26(19)31-27(33)18-37-30(36)22-11-7-12-23(16-22)32-28(34)24-15-14-21(17-25(24)29(32)35)20-9-3-2-4-10-20/h2-13,16,21,24-25H,14-15,17-18H2,1H3,(H,31,33)/t21-,24-,25+/m1/s1. The number of imide groups is 1. The molecule has 1 aliphatic heterocycles. The van der Waals surface area contributed by atoms with E-state index in [4.69, 9.17) is 4.74 Å². The number of esters is 1. The third kappa shape index (κ3) is 5.03. The number of carbonyl (C=O) groups is 4. The smallest absolute Gasteiger partial charge is 0.338 e. The number of anilines is 2. The molecule has 7 nitrogen and oxygen atoms in total. The molecule has 1 aliphatic carbocycles. The first-order valence-electron chi connectivity index (χ1n) is 12.5. The summed E-state index contributed by atoms with van der Waals surface area (Å²) in [7, 11) is 0. The fourth-order valence-electron chi connectivity index (χ4n) is 5.35. The number of benzene rings is 3. The molecule has 3 atom stereocenters. The molecule has 7 heteroatoms. The second-order valence-electron chi connectivity index (χ2n) is 9.64. The SMILES string of the molecule is Cc1ccccc1NC(=O)COC(=O)c1cccc(N2C(=O)[C@H]3C[C@H](c4ccccc4)CC[C@H]3C2=O)c1. The summed E-state index contributed by atoms with van der Waals surface area (Å²) in [5.74, 6) is -2.07. The molecule has 1 N–H and O–H groups in total. The van der Waals surface area contributed by atoms with Crippen molar-refractivity contribution < 1.29 is 23.9 Å². The Kier molecular flexibility index (Phi) is 6.86. The lowest BCUT2D eigenvalue weighted by Gasteiger charge is -2.28. The molecule has 5 rings (SSSR count). The number of amides is 3. The second kappa shape index (κ2) is 10.4. The summed E-state index contributed by atoms with van der Waals surface area (Å²) in [6.07, 6.45) is 2.14. The van der Waals surface area contributed by atoms with E-state index in [1.165, 1.54) is 22.6 Å². The Morgan fingerprint density at radius 1 is 0.892 bits per heavy atom. The lowest BCUT2D eigenvalue weighted by Crippen LogP contribution is -2.31. The minimum Gasteiger partial charge on any atom is -0.452 e. The molecule has 37 heavy (non-hydrogen) atoms. The lowest BCUT2D eigenvalue weighted by molar-refractivity contribution is -0.122. The molecule has 3 aromatic carbocycles. The van der Waals surface area contributed by atoms with Gasteiger partial charge in [-0.2, -0.15) is 0 Å². The average Bonchev–Trinajstić information content (AvgIpc) is 3.18. The zero-order valence-corrected chi connectivity index (χ0v) is 20.6. The number of carbonyl (C=O) groups excluding carboxylic acids is 4. The number of rotatable bonds is 6. The number of nitrogens with zero attached hydrogens (tertiary/aromatic N) is 1. The highest BCUT2D eigenvalue weighted by molar-refractivity contribution is 6.22. The largest absolute Gasteiger partial charge is 0.452 e. The van der Waals surface area contributed by atoms with Crippen molar-refractivity contribution in [3.05, 3.63) is 95.6 Å². The fourth-order valence-corrected chi connectivity index (χ4v) is 5.35. The molecule has 0 aromatic heterocycles. The summed E-state index contributed by atoms with van der Waals surface area (Å²) in [5.41, 5.74) is 3.24. The van der Waals surface area contributed by atoms with Gasteiger partial charge in [-0.05, 0) is 67.5 Å². The van der Waals surface area contributed by atoms with Gasteiger partial charge in [0.25, 0.3) is 5.91 Å². The van der Waals surface area contributed by atoms with Gasteiger partial charge in [-0.1, -0.05) is 54.6 Å². The van der Waals surface area contributed by atoms with Crippen molar-refractivity contribution in [2.45, 2.75) is 32.1 Å².